The first-order chi connectivity index (χ1) is 14.2. The van der Waals surface area contributed by atoms with Crippen LogP contribution in [0.3, 0.4) is 0 Å². The first-order valence-electron chi connectivity index (χ1n) is 9.65. The molecule has 0 saturated carbocycles. The Labute approximate surface area is 170 Å². The second kappa shape index (κ2) is 11.3. The Morgan fingerprint density at radius 3 is 1.93 bits per heavy atom. The van der Waals surface area contributed by atoms with Gasteiger partial charge >= 0.3 is 5.97 Å². The lowest BCUT2D eigenvalue weighted by molar-refractivity contribution is -0.137. The predicted molar refractivity (Wildman–Crippen MR) is 119 cm³/mol. The van der Waals surface area contributed by atoms with E-state index in [0.717, 1.165) is 33.8 Å². The van der Waals surface area contributed by atoms with Gasteiger partial charge in [-0.3, -0.25) is 4.79 Å². The fourth-order valence-electron chi connectivity index (χ4n) is 2.69. The molecule has 0 saturated heterocycles. The van der Waals surface area contributed by atoms with E-state index >= 15 is 0 Å². The van der Waals surface area contributed by atoms with Crippen LogP contribution in [-0.2, 0) is 9.53 Å². The molecule has 0 atom stereocenters. The minimum atomic E-state index is -0.318. The summed E-state index contributed by atoms with van der Waals surface area (Å²) in [7, 11) is 0. The lowest BCUT2D eigenvalue weighted by Gasteiger charge is -1.93. The van der Waals surface area contributed by atoms with Crippen molar-refractivity contribution in [1.29, 1.82) is 0 Å². The molecule has 2 aromatic carbocycles. The molecule has 0 radical (unpaired) electrons. The number of aromatic nitrogens is 2. The summed E-state index contributed by atoms with van der Waals surface area (Å²) < 4.78 is 4.80. The average molecular weight is 390 g/mol. The number of carbonyl (C=O) groups is 2. The summed E-state index contributed by atoms with van der Waals surface area (Å²) >= 11 is 0. The van der Waals surface area contributed by atoms with Crippen LogP contribution in [0.1, 0.15) is 37.0 Å². The minimum absolute atomic E-state index is 0.318. The Morgan fingerprint density at radius 2 is 1.41 bits per heavy atom. The first-order valence-corrected chi connectivity index (χ1v) is 9.65. The molecule has 5 heteroatoms. The minimum Gasteiger partial charge on any atom is -0.463 e. The summed E-state index contributed by atoms with van der Waals surface area (Å²) in [6.45, 7) is 6.19. The highest BCUT2D eigenvalue weighted by Gasteiger charge is 1.98. The summed E-state index contributed by atoms with van der Waals surface area (Å²) in [6.07, 6.45) is 3.96. The van der Waals surface area contributed by atoms with E-state index in [1.807, 2.05) is 74.5 Å². The van der Waals surface area contributed by atoms with Gasteiger partial charge in [-0.25, -0.2) is 4.79 Å². The van der Waals surface area contributed by atoms with Gasteiger partial charge in [0.25, 0.3) is 0 Å². The van der Waals surface area contributed by atoms with Crippen LogP contribution in [0.5, 0.6) is 0 Å². The molecule has 0 bridgehead atoms. The van der Waals surface area contributed by atoms with Crippen LogP contribution in [0.4, 0.5) is 0 Å². The Bertz CT molecular complexity index is 1020. The average Bonchev–Trinajstić information content (AvgIpc) is 3.37. The molecule has 0 spiro atoms. The molecule has 0 aliphatic carbocycles. The third-order valence-electron chi connectivity index (χ3n) is 3.91. The maximum absolute atomic E-state index is 11.1. The van der Waals surface area contributed by atoms with Crippen LogP contribution in [0, 0.1) is 0 Å². The number of esters is 1. The number of ether oxygens (including phenoxy) is 1. The molecule has 150 valence electrons. The third-order valence-corrected chi connectivity index (χ3v) is 3.91. The highest BCUT2D eigenvalue weighted by molar-refractivity contribution is 5.89. The largest absolute Gasteiger partial charge is 0.463 e. The van der Waals surface area contributed by atoms with Crippen molar-refractivity contribution in [2.24, 2.45) is 0 Å². The third kappa shape index (κ3) is 6.21. The molecule has 2 heterocycles. The maximum Gasteiger partial charge on any atom is 0.330 e. The summed E-state index contributed by atoms with van der Waals surface area (Å²) in [5.41, 5.74) is 3.60. The zero-order valence-corrected chi connectivity index (χ0v) is 16.9. The van der Waals surface area contributed by atoms with Crippen molar-refractivity contribution < 1.29 is 14.3 Å². The number of aromatic amines is 2. The molecule has 0 unspecified atom stereocenters. The standard InChI is InChI=1S/C13H13NO2.C9H7NO.C2H6/c1-2-16-13(15)8-7-11-9-10-5-3-4-6-12(10)14-11;11-6-8-5-7-3-1-2-4-9(7)10-8;1-2/h3-9,14H,2H2,1H3;1-6,10H;1-2H3/b8-7+;;. The Kier molecular flexibility index (Phi) is 8.45. The van der Waals surface area contributed by atoms with Gasteiger partial charge in [-0.15, -0.1) is 0 Å². The van der Waals surface area contributed by atoms with Crippen molar-refractivity contribution in [3.8, 4) is 0 Å². The van der Waals surface area contributed by atoms with E-state index in [-0.39, 0.29) is 5.97 Å². The van der Waals surface area contributed by atoms with Gasteiger partial charge in [0.15, 0.2) is 6.29 Å². The van der Waals surface area contributed by atoms with Crippen LogP contribution in [0.25, 0.3) is 27.9 Å². The normalized spacial score (nSPS) is 10.2. The summed E-state index contributed by atoms with van der Waals surface area (Å²) in [6, 6.07) is 19.6. The number of nitrogens with one attached hydrogen (secondary N) is 2. The molecule has 0 amide bonds. The van der Waals surface area contributed by atoms with E-state index < -0.39 is 0 Å². The quantitative estimate of drug-likeness (QED) is 0.265. The first kappa shape index (κ1) is 21.7. The SMILES string of the molecule is CC.CCOC(=O)/C=C/c1cc2ccccc2[nH]1.O=Cc1cc2ccccc2[nH]1. The molecule has 4 aromatic rings. The van der Waals surface area contributed by atoms with Crippen LogP contribution >= 0.6 is 0 Å². The topological polar surface area (TPSA) is 75.0 Å². The van der Waals surface area contributed by atoms with Gasteiger partial charge in [-0.05, 0) is 42.7 Å². The highest BCUT2D eigenvalue weighted by Crippen LogP contribution is 2.15. The van der Waals surface area contributed by atoms with Crippen molar-refractivity contribution in [3.05, 3.63) is 78.1 Å². The summed E-state index contributed by atoms with van der Waals surface area (Å²) in [5.74, 6) is -0.318. The number of fused-ring (bicyclic) bond motifs is 2. The second-order valence-electron chi connectivity index (χ2n) is 5.83. The van der Waals surface area contributed by atoms with Gasteiger partial charge in [0, 0.05) is 28.2 Å². The van der Waals surface area contributed by atoms with E-state index in [1.54, 1.807) is 13.0 Å². The lowest BCUT2D eigenvalue weighted by Crippen LogP contribution is -1.98. The van der Waals surface area contributed by atoms with E-state index in [1.165, 1.54) is 6.08 Å². The van der Waals surface area contributed by atoms with Crippen LogP contribution in [0.15, 0.2) is 66.7 Å². The zero-order chi connectivity index (χ0) is 21.1. The van der Waals surface area contributed by atoms with Gasteiger partial charge < -0.3 is 14.7 Å². The zero-order valence-electron chi connectivity index (χ0n) is 16.9. The molecule has 2 N–H and O–H groups in total. The summed E-state index contributed by atoms with van der Waals surface area (Å²) in [5, 5.41) is 2.21. The van der Waals surface area contributed by atoms with Gasteiger partial charge in [0.1, 0.15) is 0 Å². The number of H-pyrrole nitrogens is 2. The molecule has 0 aliphatic heterocycles. The molecule has 0 fully saturated rings. The molecule has 29 heavy (non-hydrogen) atoms. The van der Waals surface area contributed by atoms with Gasteiger partial charge in [-0.2, -0.15) is 0 Å². The highest BCUT2D eigenvalue weighted by atomic mass is 16.5. The van der Waals surface area contributed by atoms with Crippen molar-refractivity contribution in [2.75, 3.05) is 6.61 Å². The molecular formula is C24H26N2O3. The van der Waals surface area contributed by atoms with Gasteiger partial charge in [-0.1, -0.05) is 50.2 Å². The summed E-state index contributed by atoms with van der Waals surface area (Å²) in [4.78, 5) is 27.6. The smallest absolute Gasteiger partial charge is 0.330 e. The van der Waals surface area contributed by atoms with Crippen molar-refractivity contribution in [3.63, 3.8) is 0 Å². The fraction of sp³-hybridized carbons (Fsp3) is 0.167. The number of hydrogen-bond acceptors (Lipinski definition) is 3. The van der Waals surface area contributed by atoms with Crippen LogP contribution < -0.4 is 0 Å². The number of benzene rings is 2. The Balaban J connectivity index is 0.000000201. The maximum atomic E-state index is 11.1. The number of para-hydroxylation sites is 2. The van der Waals surface area contributed by atoms with E-state index in [2.05, 4.69) is 9.97 Å². The van der Waals surface area contributed by atoms with Crippen molar-refractivity contribution >= 4 is 40.1 Å². The van der Waals surface area contributed by atoms with Gasteiger partial charge in [0.2, 0.25) is 0 Å². The lowest BCUT2D eigenvalue weighted by atomic mass is 10.2. The second-order valence-corrected chi connectivity index (χ2v) is 5.83. The van der Waals surface area contributed by atoms with E-state index in [0.29, 0.717) is 12.3 Å². The fourth-order valence-corrected chi connectivity index (χ4v) is 2.69. The number of aldehydes is 1. The Hall–Kier alpha value is -3.60. The molecule has 0 aliphatic rings. The molecular weight excluding hydrogens is 364 g/mol. The predicted octanol–water partition coefficient (Wildman–Crippen LogP) is 5.75. The Morgan fingerprint density at radius 1 is 0.897 bits per heavy atom. The van der Waals surface area contributed by atoms with Gasteiger partial charge in [0.05, 0.1) is 12.3 Å². The van der Waals surface area contributed by atoms with Crippen molar-refractivity contribution in [2.45, 2.75) is 20.8 Å². The monoisotopic (exact) mass is 390 g/mol. The van der Waals surface area contributed by atoms with Crippen molar-refractivity contribution in [1.82, 2.24) is 9.97 Å². The molecule has 2 aromatic heterocycles. The molecule has 4 rings (SSSR count). The van der Waals surface area contributed by atoms with Crippen LogP contribution in [0.2, 0.25) is 0 Å². The number of rotatable bonds is 4. The molecule has 5 nitrogen and oxygen atoms in total. The number of hydrogen-bond donors (Lipinski definition) is 2. The van der Waals surface area contributed by atoms with Crippen LogP contribution in [-0.4, -0.2) is 28.8 Å². The number of carbonyl (C=O) groups excluding carboxylic acids is 2. The van der Waals surface area contributed by atoms with E-state index in [9.17, 15) is 9.59 Å². The van der Waals surface area contributed by atoms with E-state index in [4.69, 9.17) is 4.74 Å².